The first-order chi connectivity index (χ1) is 11.5. The van der Waals surface area contributed by atoms with Crippen LogP contribution in [0.3, 0.4) is 0 Å². The van der Waals surface area contributed by atoms with Crippen molar-refractivity contribution < 1.29 is 17.9 Å². The minimum Gasteiger partial charge on any atom is -0.384 e. The van der Waals surface area contributed by atoms with Gasteiger partial charge in [0.1, 0.15) is 0 Å². The van der Waals surface area contributed by atoms with E-state index in [1.165, 1.54) is 10.4 Å². The molecule has 6 nitrogen and oxygen atoms in total. The van der Waals surface area contributed by atoms with E-state index in [4.69, 9.17) is 4.74 Å². The summed E-state index contributed by atoms with van der Waals surface area (Å²) in [5.41, 5.74) is 0.440. The molecule has 1 aromatic carbocycles. The first-order valence-electron chi connectivity index (χ1n) is 8.41. The fraction of sp³-hybridized carbons (Fsp3) is 0.588. The zero-order valence-electron chi connectivity index (χ0n) is 14.0. The number of piperidine rings is 1. The Bertz CT molecular complexity index is 698. The number of amides is 1. The van der Waals surface area contributed by atoms with Crippen molar-refractivity contribution in [3.63, 3.8) is 0 Å². The highest BCUT2D eigenvalue weighted by atomic mass is 32.2. The van der Waals surface area contributed by atoms with Crippen LogP contribution in [-0.4, -0.2) is 63.4 Å². The number of hydrogen-bond donors (Lipinski definition) is 0. The molecular weight excluding hydrogens is 328 g/mol. The minimum atomic E-state index is -3.47. The maximum Gasteiger partial charge on any atom is 0.253 e. The van der Waals surface area contributed by atoms with Gasteiger partial charge in [0.15, 0.2) is 0 Å². The van der Waals surface area contributed by atoms with E-state index < -0.39 is 10.0 Å². The van der Waals surface area contributed by atoms with Crippen molar-refractivity contribution in [3.8, 4) is 0 Å². The number of methoxy groups -OCH3 is 1. The molecule has 0 aliphatic carbocycles. The highest BCUT2D eigenvalue weighted by Crippen LogP contribution is 2.24. The van der Waals surface area contributed by atoms with Crippen LogP contribution in [0.4, 0.5) is 0 Å². The molecule has 0 saturated carbocycles. The predicted octanol–water partition coefficient (Wildman–Crippen LogP) is 1.58. The molecule has 0 radical (unpaired) electrons. The minimum absolute atomic E-state index is 0.100. The van der Waals surface area contributed by atoms with Crippen molar-refractivity contribution >= 4 is 15.9 Å². The molecule has 2 fully saturated rings. The summed E-state index contributed by atoms with van der Waals surface area (Å²) >= 11 is 0. The molecule has 0 aromatic heterocycles. The molecule has 1 atom stereocenters. The van der Waals surface area contributed by atoms with Crippen LogP contribution >= 0.6 is 0 Å². The Hall–Kier alpha value is -1.44. The van der Waals surface area contributed by atoms with E-state index in [1.54, 1.807) is 25.3 Å². The van der Waals surface area contributed by atoms with Gasteiger partial charge < -0.3 is 9.64 Å². The van der Waals surface area contributed by atoms with Crippen molar-refractivity contribution in [1.82, 2.24) is 9.21 Å². The van der Waals surface area contributed by atoms with Crippen LogP contribution in [0.15, 0.2) is 29.2 Å². The summed E-state index contributed by atoms with van der Waals surface area (Å²) < 4.78 is 31.6. The maximum atomic E-state index is 12.8. The molecule has 1 amide bonds. The van der Waals surface area contributed by atoms with Crippen LogP contribution in [0.25, 0.3) is 0 Å². The van der Waals surface area contributed by atoms with Gasteiger partial charge in [0.2, 0.25) is 10.0 Å². The second-order valence-electron chi connectivity index (χ2n) is 6.50. The quantitative estimate of drug-likeness (QED) is 0.807. The van der Waals surface area contributed by atoms with E-state index in [1.807, 2.05) is 4.90 Å². The number of likely N-dealkylation sites (tertiary alicyclic amines) is 1. The van der Waals surface area contributed by atoms with Gasteiger partial charge in [-0.1, -0.05) is 6.07 Å². The van der Waals surface area contributed by atoms with E-state index in [0.29, 0.717) is 44.3 Å². The van der Waals surface area contributed by atoms with Gasteiger partial charge in [-0.2, -0.15) is 4.31 Å². The monoisotopic (exact) mass is 352 g/mol. The first-order valence-corrected chi connectivity index (χ1v) is 9.85. The number of ether oxygens (including phenoxy) is 1. The Labute approximate surface area is 143 Å². The van der Waals surface area contributed by atoms with E-state index in [-0.39, 0.29) is 10.8 Å². The summed E-state index contributed by atoms with van der Waals surface area (Å²) in [6.07, 6.45) is 2.90. The first kappa shape index (κ1) is 17.4. The third-order valence-corrected chi connectivity index (χ3v) is 6.64. The lowest BCUT2D eigenvalue weighted by molar-refractivity contribution is 0.0570. The third-order valence-electron chi connectivity index (χ3n) is 4.74. The van der Waals surface area contributed by atoms with Gasteiger partial charge in [0, 0.05) is 38.9 Å². The molecule has 132 valence electrons. The smallest absolute Gasteiger partial charge is 0.253 e. The SMILES string of the molecule is COC[C@H]1CCCN(C(=O)c2cccc(S(=O)(=O)N3CCC3)c2)C1. The van der Waals surface area contributed by atoms with Gasteiger partial charge in [-0.05, 0) is 43.4 Å². The molecule has 24 heavy (non-hydrogen) atoms. The fourth-order valence-corrected chi connectivity index (χ4v) is 4.83. The number of carbonyl (C=O) groups excluding carboxylic acids is 1. The second-order valence-corrected chi connectivity index (χ2v) is 8.44. The van der Waals surface area contributed by atoms with Crippen LogP contribution in [0.2, 0.25) is 0 Å². The number of nitrogens with zero attached hydrogens (tertiary/aromatic N) is 2. The number of carbonyl (C=O) groups is 1. The van der Waals surface area contributed by atoms with E-state index in [0.717, 1.165) is 19.3 Å². The topological polar surface area (TPSA) is 66.9 Å². The third kappa shape index (κ3) is 3.48. The lowest BCUT2D eigenvalue weighted by Gasteiger charge is -2.33. The Kier molecular flexibility index (Phi) is 5.22. The average Bonchev–Trinajstić information content (AvgIpc) is 2.53. The molecule has 2 aliphatic heterocycles. The summed E-state index contributed by atoms with van der Waals surface area (Å²) in [6.45, 7) is 3.14. The molecule has 3 rings (SSSR count). The molecule has 2 saturated heterocycles. The molecule has 7 heteroatoms. The zero-order chi connectivity index (χ0) is 17.2. The summed E-state index contributed by atoms with van der Waals surface area (Å²) in [5.74, 6) is 0.247. The van der Waals surface area contributed by atoms with Gasteiger partial charge in [-0.25, -0.2) is 8.42 Å². The largest absolute Gasteiger partial charge is 0.384 e. The predicted molar refractivity (Wildman–Crippen MR) is 90.3 cm³/mol. The van der Waals surface area contributed by atoms with Gasteiger partial charge in [-0.3, -0.25) is 4.79 Å². The Morgan fingerprint density at radius 1 is 1.25 bits per heavy atom. The second kappa shape index (κ2) is 7.21. The van der Waals surface area contributed by atoms with Crippen LogP contribution in [-0.2, 0) is 14.8 Å². The fourth-order valence-electron chi connectivity index (χ4n) is 3.27. The zero-order valence-corrected chi connectivity index (χ0v) is 14.8. The molecule has 0 unspecified atom stereocenters. The maximum absolute atomic E-state index is 12.8. The average molecular weight is 352 g/mol. The molecule has 2 aliphatic rings. The van der Waals surface area contributed by atoms with E-state index in [9.17, 15) is 13.2 Å². The number of hydrogen-bond acceptors (Lipinski definition) is 4. The Morgan fingerprint density at radius 2 is 2.04 bits per heavy atom. The van der Waals surface area contributed by atoms with Crippen molar-refractivity contribution in [2.75, 3.05) is 39.9 Å². The highest BCUT2D eigenvalue weighted by molar-refractivity contribution is 7.89. The van der Waals surface area contributed by atoms with Gasteiger partial charge in [0.25, 0.3) is 5.91 Å². The summed E-state index contributed by atoms with van der Waals surface area (Å²) in [6, 6.07) is 6.41. The van der Waals surface area contributed by atoms with Crippen LogP contribution < -0.4 is 0 Å². The molecule has 2 heterocycles. The lowest BCUT2D eigenvalue weighted by Crippen LogP contribution is -2.42. The summed E-state index contributed by atoms with van der Waals surface area (Å²) in [7, 11) is -1.79. The molecule has 0 N–H and O–H groups in total. The van der Waals surface area contributed by atoms with Gasteiger partial charge in [0.05, 0.1) is 11.5 Å². The highest BCUT2D eigenvalue weighted by Gasteiger charge is 2.30. The normalized spacial score (nSPS) is 22.2. The van der Waals surface area contributed by atoms with Crippen molar-refractivity contribution in [2.45, 2.75) is 24.2 Å². The van der Waals surface area contributed by atoms with E-state index >= 15 is 0 Å². The number of rotatable bonds is 5. The number of sulfonamides is 1. The van der Waals surface area contributed by atoms with Crippen LogP contribution in [0.5, 0.6) is 0 Å². The Morgan fingerprint density at radius 3 is 2.71 bits per heavy atom. The Balaban J connectivity index is 1.77. The molecular formula is C17H24N2O4S. The van der Waals surface area contributed by atoms with Crippen LogP contribution in [0, 0.1) is 5.92 Å². The van der Waals surface area contributed by atoms with Gasteiger partial charge in [-0.15, -0.1) is 0 Å². The van der Waals surface area contributed by atoms with Crippen LogP contribution in [0.1, 0.15) is 29.6 Å². The lowest BCUT2D eigenvalue weighted by atomic mass is 9.98. The van der Waals surface area contributed by atoms with Crippen molar-refractivity contribution in [2.24, 2.45) is 5.92 Å². The molecule has 1 aromatic rings. The molecule has 0 spiro atoms. The number of benzene rings is 1. The van der Waals surface area contributed by atoms with Gasteiger partial charge >= 0.3 is 0 Å². The van der Waals surface area contributed by atoms with E-state index in [2.05, 4.69) is 0 Å². The van der Waals surface area contributed by atoms with Crippen molar-refractivity contribution in [1.29, 1.82) is 0 Å². The summed E-state index contributed by atoms with van der Waals surface area (Å²) in [5, 5.41) is 0. The van der Waals surface area contributed by atoms with Crippen molar-refractivity contribution in [3.05, 3.63) is 29.8 Å². The standard InChI is InChI=1S/C17H24N2O4S/c1-23-13-14-5-3-8-18(12-14)17(20)15-6-2-7-16(11-15)24(21,22)19-9-4-10-19/h2,6-7,11,14H,3-5,8-10,12-13H2,1H3/t14-/m0/s1. The molecule has 0 bridgehead atoms. The summed E-state index contributed by atoms with van der Waals surface area (Å²) in [4.78, 5) is 14.8.